The maximum Gasteiger partial charge on any atom is 0.416 e. The monoisotopic (exact) mass is 413 g/mol. The molecule has 0 bridgehead atoms. The quantitative estimate of drug-likeness (QED) is 0.782. The van der Waals surface area contributed by atoms with E-state index in [1.807, 2.05) is 0 Å². The third-order valence-electron chi connectivity index (χ3n) is 5.99. The fourth-order valence-corrected chi connectivity index (χ4v) is 4.04. The zero-order valence-corrected chi connectivity index (χ0v) is 16.6. The van der Waals surface area contributed by atoms with Crippen LogP contribution in [0.15, 0.2) is 24.3 Å². The lowest BCUT2D eigenvalue weighted by molar-refractivity contribution is -0.137. The molecule has 5 nitrogen and oxygen atoms in total. The average Bonchev–Trinajstić information content (AvgIpc) is 3.07. The summed E-state index contributed by atoms with van der Waals surface area (Å²) < 4.78 is 35.5. The largest absolute Gasteiger partial charge is 0.508 e. The Kier molecular flexibility index (Phi) is 7.40. The molecule has 8 heteroatoms. The Morgan fingerprint density at radius 3 is 2.24 bits per heavy atom. The van der Waals surface area contributed by atoms with Gasteiger partial charge in [-0.3, -0.25) is 9.69 Å². The summed E-state index contributed by atoms with van der Waals surface area (Å²) in [5.41, 5.74) is -0.754. The molecule has 1 atom stereocenters. The van der Waals surface area contributed by atoms with Crippen LogP contribution >= 0.6 is 0 Å². The van der Waals surface area contributed by atoms with E-state index in [0.29, 0.717) is 5.91 Å². The lowest BCUT2D eigenvalue weighted by Gasteiger charge is -2.36. The fraction of sp³-hybridized carbons (Fsp3) is 0.667. The molecule has 0 aromatic heterocycles. The van der Waals surface area contributed by atoms with Gasteiger partial charge in [-0.2, -0.15) is 13.2 Å². The molecule has 0 spiro atoms. The molecule has 1 aromatic rings. The van der Waals surface area contributed by atoms with Gasteiger partial charge in [-0.1, -0.05) is 6.42 Å². The number of amides is 1. The summed E-state index contributed by atoms with van der Waals surface area (Å²) >= 11 is 0. The van der Waals surface area contributed by atoms with Crippen LogP contribution in [0.2, 0.25) is 0 Å². The molecule has 1 aromatic carbocycles. The van der Waals surface area contributed by atoms with Crippen LogP contribution in [0.3, 0.4) is 0 Å². The first kappa shape index (κ1) is 21.9. The smallest absolute Gasteiger partial charge is 0.416 e. The minimum Gasteiger partial charge on any atom is -0.508 e. The zero-order valence-electron chi connectivity index (χ0n) is 16.6. The molecule has 3 fully saturated rings. The van der Waals surface area contributed by atoms with Crippen molar-refractivity contribution in [1.29, 1.82) is 0 Å². The molecule has 4 rings (SSSR count). The number of hydrogen-bond acceptors (Lipinski definition) is 4. The van der Waals surface area contributed by atoms with Crippen molar-refractivity contribution in [1.82, 2.24) is 15.1 Å². The highest BCUT2D eigenvalue weighted by atomic mass is 19.4. The maximum atomic E-state index is 12.4. The van der Waals surface area contributed by atoms with Crippen LogP contribution in [0.4, 0.5) is 13.2 Å². The highest BCUT2D eigenvalue weighted by Crippen LogP contribution is 2.30. The van der Waals surface area contributed by atoms with Crippen LogP contribution in [0.5, 0.6) is 5.75 Å². The molecule has 1 aliphatic carbocycles. The van der Waals surface area contributed by atoms with Gasteiger partial charge in [0, 0.05) is 32.2 Å². The fourth-order valence-electron chi connectivity index (χ4n) is 4.04. The van der Waals surface area contributed by atoms with Crippen molar-refractivity contribution >= 4 is 5.91 Å². The van der Waals surface area contributed by atoms with Gasteiger partial charge >= 0.3 is 6.18 Å². The second-order valence-corrected chi connectivity index (χ2v) is 7.99. The van der Waals surface area contributed by atoms with Gasteiger partial charge in [-0.25, -0.2) is 0 Å². The molecule has 1 saturated carbocycles. The van der Waals surface area contributed by atoms with Gasteiger partial charge in [0.25, 0.3) is 0 Å². The molecule has 0 radical (unpaired) electrons. The van der Waals surface area contributed by atoms with Crippen LogP contribution in [0.25, 0.3) is 0 Å². The Morgan fingerprint density at radius 2 is 1.69 bits per heavy atom. The van der Waals surface area contributed by atoms with Crippen LogP contribution in [-0.2, 0) is 11.0 Å². The number of nitrogens with one attached hydrogen (secondary N) is 1. The standard InChI is InChI=1S/C14H25N3O.C7H5F3O/c18-14(13-6-2-7-15-13)17-9-3-8-16(10-11-17)12-4-1-5-12;8-7(9,10)5-1-3-6(11)4-2-5/h12-13,15H,1-11H2;1-4,11H/t13-;/m1./s1. The van der Waals surface area contributed by atoms with E-state index in [1.165, 1.54) is 25.8 Å². The maximum absolute atomic E-state index is 12.4. The Morgan fingerprint density at radius 1 is 0.966 bits per heavy atom. The van der Waals surface area contributed by atoms with Crippen LogP contribution in [0.1, 0.15) is 44.1 Å². The summed E-state index contributed by atoms with van der Waals surface area (Å²) in [5, 5.41) is 12.0. The van der Waals surface area contributed by atoms with E-state index in [9.17, 15) is 18.0 Å². The predicted octanol–water partition coefficient (Wildman–Crippen LogP) is 3.24. The first-order valence-corrected chi connectivity index (χ1v) is 10.5. The third-order valence-corrected chi connectivity index (χ3v) is 5.99. The van der Waals surface area contributed by atoms with E-state index in [1.54, 1.807) is 0 Å². The molecular weight excluding hydrogens is 383 g/mol. The van der Waals surface area contributed by atoms with E-state index in [4.69, 9.17) is 5.11 Å². The molecular formula is C21H30F3N3O2. The zero-order chi connectivity index (χ0) is 20.9. The average molecular weight is 413 g/mol. The van der Waals surface area contributed by atoms with Gasteiger partial charge in [0.05, 0.1) is 11.6 Å². The van der Waals surface area contributed by atoms with Crippen molar-refractivity contribution in [2.45, 2.75) is 56.8 Å². The topological polar surface area (TPSA) is 55.8 Å². The van der Waals surface area contributed by atoms with Crippen LogP contribution < -0.4 is 5.32 Å². The summed E-state index contributed by atoms with van der Waals surface area (Å²) in [6.07, 6.45) is 3.15. The van der Waals surface area contributed by atoms with Crippen molar-refractivity contribution in [3.05, 3.63) is 29.8 Å². The number of alkyl halides is 3. The Hall–Kier alpha value is -1.80. The lowest BCUT2D eigenvalue weighted by Crippen LogP contribution is -2.46. The highest BCUT2D eigenvalue weighted by molar-refractivity contribution is 5.82. The Balaban J connectivity index is 0.000000188. The molecule has 1 amide bonds. The number of nitrogens with zero attached hydrogens (tertiary/aromatic N) is 2. The van der Waals surface area contributed by atoms with Crippen molar-refractivity contribution in [2.75, 3.05) is 32.7 Å². The summed E-state index contributed by atoms with van der Waals surface area (Å²) in [6, 6.07) is 4.60. The number of aromatic hydroxyl groups is 1. The number of rotatable bonds is 2. The van der Waals surface area contributed by atoms with Crippen molar-refractivity contribution in [3.63, 3.8) is 0 Å². The van der Waals surface area contributed by atoms with E-state index >= 15 is 0 Å². The van der Waals surface area contributed by atoms with Gasteiger partial charge < -0.3 is 15.3 Å². The van der Waals surface area contributed by atoms with Gasteiger partial charge in [0.15, 0.2) is 0 Å². The number of phenolic OH excluding ortho intramolecular Hbond substituents is 1. The van der Waals surface area contributed by atoms with Gasteiger partial charge in [0.1, 0.15) is 5.75 Å². The van der Waals surface area contributed by atoms with Crippen molar-refractivity contribution < 1.29 is 23.1 Å². The summed E-state index contributed by atoms with van der Waals surface area (Å²) in [6.45, 7) is 5.18. The van der Waals surface area contributed by atoms with Crippen molar-refractivity contribution in [3.8, 4) is 5.75 Å². The number of carbonyl (C=O) groups excluding carboxylic acids is 1. The van der Waals surface area contributed by atoms with E-state index in [-0.39, 0.29) is 11.8 Å². The first-order chi connectivity index (χ1) is 13.8. The molecule has 0 unspecified atom stereocenters. The molecule has 29 heavy (non-hydrogen) atoms. The second-order valence-electron chi connectivity index (χ2n) is 7.99. The minimum absolute atomic E-state index is 0.111. The van der Waals surface area contributed by atoms with Crippen LogP contribution in [-0.4, -0.2) is 65.6 Å². The molecule has 3 aliphatic rings. The lowest BCUT2D eigenvalue weighted by atomic mass is 9.91. The predicted molar refractivity (Wildman–Crippen MR) is 105 cm³/mol. The summed E-state index contributed by atoms with van der Waals surface area (Å²) in [4.78, 5) is 17.1. The normalized spacial score (nSPS) is 23.7. The Labute approximate surface area is 169 Å². The van der Waals surface area contributed by atoms with E-state index in [2.05, 4.69) is 15.1 Å². The number of halogens is 3. The third kappa shape index (κ3) is 6.09. The van der Waals surface area contributed by atoms with Gasteiger partial charge in [-0.15, -0.1) is 0 Å². The number of benzene rings is 1. The summed E-state index contributed by atoms with van der Waals surface area (Å²) in [5.74, 6) is 0.181. The SMILES string of the molecule is O=C([C@H]1CCCN1)N1CCCN(C2CCC2)CC1.Oc1ccc(C(F)(F)F)cc1. The molecule has 2 saturated heterocycles. The molecule has 2 aliphatic heterocycles. The molecule has 2 N–H and O–H groups in total. The minimum atomic E-state index is -4.33. The molecule has 2 heterocycles. The second kappa shape index (κ2) is 9.80. The summed E-state index contributed by atoms with van der Waals surface area (Å²) in [7, 11) is 0. The van der Waals surface area contributed by atoms with Crippen molar-refractivity contribution in [2.24, 2.45) is 0 Å². The Bertz CT molecular complexity index is 656. The first-order valence-electron chi connectivity index (χ1n) is 10.5. The van der Waals surface area contributed by atoms with Gasteiger partial charge in [-0.05, 0) is 62.9 Å². The molecule has 162 valence electrons. The number of carbonyl (C=O) groups is 1. The number of hydrogen-bond donors (Lipinski definition) is 2. The van der Waals surface area contributed by atoms with Gasteiger partial charge in [0.2, 0.25) is 5.91 Å². The van der Waals surface area contributed by atoms with E-state index in [0.717, 1.165) is 75.7 Å². The number of phenols is 1. The van der Waals surface area contributed by atoms with Crippen LogP contribution in [0, 0.1) is 0 Å². The van der Waals surface area contributed by atoms with E-state index < -0.39 is 11.7 Å². The highest BCUT2D eigenvalue weighted by Gasteiger charge is 2.31.